The van der Waals surface area contributed by atoms with Gasteiger partial charge in [0.15, 0.2) is 0 Å². The molecular weight excluding hydrogens is 288 g/mol. The second-order valence-electron chi connectivity index (χ2n) is 8.75. The third-order valence-electron chi connectivity index (χ3n) is 5.39. The molecular formula is C19H34N2O2. The minimum atomic E-state index is 0.173. The first-order chi connectivity index (χ1) is 10.7. The molecule has 0 atom stereocenters. The molecule has 2 saturated heterocycles. The topological polar surface area (TPSA) is 40.6 Å². The predicted molar refractivity (Wildman–Crippen MR) is 93.2 cm³/mol. The zero-order valence-electron chi connectivity index (χ0n) is 15.4. The zero-order chi connectivity index (χ0) is 17.0. The Kier molecular flexibility index (Phi) is 6.24. The summed E-state index contributed by atoms with van der Waals surface area (Å²) >= 11 is 0. The van der Waals surface area contributed by atoms with Gasteiger partial charge in [-0.1, -0.05) is 20.8 Å². The lowest BCUT2D eigenvalue weighted by Gasteiger charge is -2.36. The summed E-state index contributed by atoms with van der Waals surface area (Å²) in [7, 11) is 0. The molecule has 4 heteroatoms. The Hall–Kier alpha value is -0.900. The molecule has 2 fully saturated rings. The van der Waals surface area contributed by atoms with Gasteiger partial charge in [-0.05, 0) is 63.5 Å². The van der Waals surface area contributed by atoms with Crippen molar-refractivity contribution in [2.24, 2.45) is 17.3 Å². The highest BCUT2D eigenvalue weighted by molar-refractivity contribution is 5.80. The van der Waals surface area contributed by atoms with E-state index in [1.54, 1.807) is 6.92 Å². The third-order valence-corrected chi connectivity index (χ3v) is 5.39. The molecule has 0 aliphatic carbocycles. The Morgan fingerprint density at radius 2 is 1.52 bits per heavy atom. The maximum absolute atomic E-state index is 12.5. The Morgan fingerprint density at radius 1 is 0.957 bits per heavy atom. The van der Waals surface area contributed by atoms with E-state index in [1.165, 1.54) is 19.3 Å². The molecule has 0 N–H and O–H groups in total. The smallest absolute Gasteiger partial charge is 0.236 e. The molecule has 0 spiro atoms. The molecule has 2 rings (SSSR count). The highest BCUT2D eigenvalue weighted by Gasteiger charge is 2.28. The van der Waals surface area contributed by atoms with Crippen LogP contribution in [0.5, 0.6) is 0 Å². The van der Waals surface area contributed by atoms with Crippen LogP contribution < -0.4 is 0 Å². The number of piperidine rings is 2. The summed E-state index contributed by atoms with van der Waals surface area (Å²) in [4.78, 5) is 28.1. The summed E-state index contributed by atoms with van der Waals surface area (Å²) < 4.78 is 0. The molecule has 0 bridgehead atoms. The molecule has 0 unspecified atom stereocenters. The van der Waals surface area contributed by atoms with Gasteiger partial charge in [-0.15, -0.1) is 0 Å². The van der Waals surface area contributed by atoms with Crippen LogP contribution in [-0.4, -0.2) is 54.2 Å². The van der Waals surface area contributed by atoms with Crippen LogP contribution in [0.4, 0.5) is 0 Å². The van der Waals surface area contributed by atoms with Crippen molar-refractivity contribution in [3.05, 3.63) is 0 Å². The van der Waals surface area contributed by atoms with Crippen molar-refractivity contribution in [3.63, 3.8) is 0 Å². The van der Waals surface area contributed by atoms with E-state index in [0.717, 1.165) is 44.9 Å². The quantitative estimate of drug-likeness (QED) is 0.799. The Bertz CT molecular complexity index is 412. The van der Waals surface area contributed by atoms with Crippen molar-refractivity contribution in [2.45, 2.75) is 59.8 Å². The van der Waals surface area contributed by atoms with Crippen LogP contribution in [0, 0.1) is 17.3 Å². The van der Waals surface area contributed by atoms with Crippen LogP contribution in [0.15, 0.2) is 0 Å². The number of carbonyl (C=O) groups is 2. The first-order valence-electron chi connectivity index (χ1n) is 9.25. The Labute approximate surface area is 141 Å². The third kappa shape index (κ3) is 5.91. The molecule has 0 aromatic heterocycles. The fraction of sp³-hybridized carbons (Fsp3) is 0.895. The van der Waals surface area contributed by atoms with E-state index >= 15 is 0 Å². The normalized spacial score (nSPS) is 22.3. The molecule has 0 aromatic rings. The van der Waals surface area contributed by atoms with E-state index in [4.69, 9.17) is 0 Å². The SMILES string of the molecule is CC(=O)C1CCN(C(=O)CN2CCC(CC(C)(C)C)CC2)CC1. The minimum Gasteiger partial charge on any atom is -0.342 e. The average molecular weight is 322 g/mol. The van der Waals surface area contributed by atoms with Crippen LogP contribution in [0.2, 0.25) is 0 Å². The van der Waals surface area contributed by atoms with Gasteiger partial charge in [0, 0.05) is 19.0 Å². The molecule has 4 nitrogen and oxygen atoms in total. The predicted octanol–water partition coefficient (Wildman–Crippen LogP) is 2.96. The van der Waals surface area contributed by atoms with Crippen molar-refractivity contribution in [1.29, 1.82) is 0 Å². The number of ketones is 1. The maximum Gasteiger partial charge on any atom is 0.236 e. The van der Waals surface area contributed by atoms with Crippen LogP contribution in [-0.2, 0) is 9.59 Å². The van der Waals surface area contributed by atoms with Crippen LogP contribution in [0.25, 0.3) is 0 Å². The van der Waals surface area contributed by atoms with E-state index in [9.17, 15) is 9.59 Å². The number of likely N-dealkylation sites (tertiary alicyclic amines) is 2. The monoisotopic (exact) mass is 322 g/mol. The van der Waals surface area contributed by atoms with Gasteiger partial charge in [0.25, 0.3) is 0 Å². The summed E-state index contributed by atoms with van der Waals surface area (Å²) in [5.41, 5.74) is 0.406. The van der Waals surface area contributed by atoms with Gasteiger partial charge in [-0.2, -0.15) is 0 Å². The standard InChI is InChI=1S/C19H34N2O2/c1-15(22)17-7-11-21(12-8-17)18(23)14-20-9-5-16(6-10-20)13-19(2,3)4/h16-17H,5-14H2,1-4H3. The fourth-order valence-electron chi connectivity index (χ4n) is 4.04. The lowest BCUT2D eigenvalue weighted by molar-refractivity contribution is -0.136. The number of hydrogen-bond acceptors (Lipinski definition) is 3. The maximum atomic E-state index is 12.5. The van der Waals surface area contributed by atoms with E-state index in [2.05, 4.69) is 25.7 Å². The number of Topliss-reactive ketones (excluding diaryl/α,β-unsaturated/α-hetero) is 1. The first kappa shape index (κ1) is 18.4. The molecule has 2 aliphatic heterocycles. The van der Waals surface area contributed by atoms with Gasteiger partial charge in [-0.3, -0.25) is 14.5 Å². The minimum absolute atomic E-state index is 0.173. The molecule has 0 radical (unpaired) electrons. The van der Waals surface area contributed by atoms with Crippen LogP contribution in [0.1, 0.15) is 59.8 Å². The summed E-state index contributed by atoms with van der Waals surface area (Å²) in [6.45, 7) is 12.8. The summed E-state index contributed by atoms with van der Waals surface area (Å²) in [6, 6.07) is 0. The lowest BCUT2D eigenvalue weighted by atomic mass is 9.80. The van der Waals surface area contributed by atoms with Crippen molar-refractivity contribution in [3.8, 4) is 0 Å². The Balaban J connectivity index is 1.70. The van der Waals surface area contributed by atoms with Gasteiger partial charge in [0.2, 0.25) is 5.91 Å². The lowest BCUT2D eigenvalue weighted by Crippen LogP contribution is -2.46. The molecule has 23 heavy (non-hydrogen) atoms. The molecule has 0 aromatic carbocycles. The molecule has 132 valence electrons. The van der Waals surface area contributed by atoms with Gasteiger partial charge in [0.05, 0.1) is 6.54 Å². The highest BCUT2D eigenvalue weighted by Crippen LogP contribution is 2.30. The highest BCUT2D eigenvalue weighted by atomic mass is 16.2. The van der Waals surface area contributed by atoms with E-state index in [1.807, 2.05) is 4.90 Å². The van der Waals surface area contributed by atoms with Crippen molar-refractivity contribution >= 4 is 11.7 Å². The number of nitrogens with zero attached hydrogens (tertiary/aromatic N) is 2. The second-order valence-corrected chi connectivity index (χ2v) is 8.75. The summed E-state index contributed by atoms with van der Waals surface area (Å²) in [5, 5.41) is 0. The zero-order valence-corrected chi connectivity index (χ0v) is 15.4. The Morgan fingerprint density at radius 3 is 2.00 bits per heavy atom. The van der Waals surface area contributed by atoms with Gasteiger partial charge in [-0.25, -0.2) is 0 Å². The molecule has 2 aliphatic rings. The number of carbonyl (C=O) groups excluding carboxylic acids is 2. The van der Waals surface area contributed by atoms with E-state index in [0.29, 0.717) is 12.0 Å². The van der Waals surface area contributed by atoms with E-state index < -0.39 is 0 Å². The summed E-state index contributed by atoms with van der Waals surface area (Å²) in [6.07, 6.45) is 5.41. The largest absolute Gasteiger partial charge is 0.342 e. The number of rotatable bonds is 4. The summed E-state index contributed by atoms with van der Waals surface area (Å²) in [5.74, 6) is 1.51. The molecule has 0 saturated carbocycles. The van der Waals surface area contributed by atoms with Crippen molar-refractivity contribution in [2.75, 3.05) is 32.7 Å². The first-order valence-corrected chi connectivity index (χ1v) is 9.25. The van der Waals surface area contributed by atoms with Crippen LogP contribution >= 0.6 is 0 Å². The number of hydrogen-bond donors (Lipinski definition) is 0. The fourth-order valence-corrected chi connectivity index (χ4v) is 4.04. The van der Waals surface area contributed by atoms with E-state index in [-0.39, 0.29) is 17.6 Å². The second kappa shape index (κ2) is 7.78. The van der Waals surface area contributed by atoms with Crippen molar-refractivity contribution < 1.29 is 9.59 Å². The van der Waals surface area contributed by atoms with Gasteiger partial charge >= 0.3 is 0 Å². The van der Waals surface area contributed by atoms with Gasteiger partial charge < -0.3 is 4.90 Å². The molecule has 2 heterocycles. The molecule has 1 amide bonds. The number of amides is 1. The van der Waals surface area contributed by atoms with Crippen molar-refractivity contribution in [1.82, 2.24) is 9.80 Å². The van der Waals surface area contributed by atoms with Crippen LogP contribution in [0.3, 0.4) is 0 Å². The van der Waals surface area contributed by atoms with Gasteiger partial charge in [0.1, 0.15) is 5.78 Å². The average Bonchev–Trinajstić information content (AvgIpc) is 2.48.